The lowest BCUT2D eigenvalue weighted by Gasteiger charge is -2.30. The lowest BCUT2D eigenvalue weighted by atomic mass is 9.74. The van der Waals surface area contributed by atoms with Crippen LogP contribution in [0, 0.1) is 0 Å². The number of ether oxygens (including phenoxy) is 1. The molecular weight excluding hydrogens is 468 g/mol. The van der Waals surface area contributed by atoms with Crippen LogP contribution in [-0.4, -0.2) is 23.6 Å². The first-order valence-corrected chi connectivity index (χ1v) is 11.9. The number of amides is 4. The molecule has 3 aromatic carbocycles. The fourth-order valence-corrected chi connectivity index (χ4v) is 4.55. The minimum Gasteiger partial charge on any atom is -0.457 e. The van der Waals surface area contributed by atoms with Gasteiger partial charge in [0.25, 0.3) is 23.6 Å². The molecule has 4 amide bonds. The summed E-state index contributed by atoms with van der Waals surface area (Å²) in [6.45, 7) is 4.27. The zero-order valence-corrected chi connectivity index (χ0v) is 20.4. The summed E-state index contributed by atoms with van der Waals surface area (Å²) < 4.78 is 5.97. The van der Waals surface area contributed by atoms with E-state index in [1.807, 2.05) is 36.4 Å². The Bertz CT molecular complexity index is 1420. The van der Waals surface area contributed by atoms with Gasteiger partial charge in [0, 0.05) is 29.7 Å². The van der Waals surface area contributed by atoms with Crippen LogP contribution in [0.25, 0.3) is 0 Å². The van der Waals surface area contributed by atoms with Crippen LogP contribution in [0.5, 0.6) is 11.5 Å². The van der Waals surface area contributed by atoms with Crippen molar-refractivity contribution in [2.24, 2.45) is 0 Å². The number of rotatable bonds is 7. The quantitative estimate of drug-likeness (QED) is 0.431. The molecule has 1 unspecified atom stereocenters. The molecule has 7 nitrogen and oxygen atoms in total. The number of hydrogen-bond acceptors (Lipinski definition) is 5. The Balaban J connectivity index is 1.31. The second-order valence-electron chi connectivity index (χ2n) is 9.04. The first-order valence-electron chi connectivity index (χ1n) is 11.9. The summed E-state index contributed by atoms with van der Waals surface area (Å²) in [4.78, 5) is 50.0. The summed E-state index contributed by atoms with van der Waals surface area (Å²) in [7, 11) is 0. The van der Waals surface area contributed by atoms with Crippen LogP contribution < -0.4 is 14.5 Å². The highest BCUT2D eigenvalue weighted by Crippen LogP contribution is 2.37. The maximum absolute atomic E-state index is 12.0. The van der Waals surface area contributed by atoms with E-state index >= 15 is 0 Å². The van der Waals surface area contributed by atoms with Crippen molar-refractivity contribution in [1.82, 2.24) is 0 Å². The minimum absolute atomic E-state index is 0.293. The highest BCUT2D eigenvalue weighted by atomic mass is 16.5. The molecule has 0 N–H and O–H groups in total. The van der Waals surface area contributed by atoms with E-state index in [2.05, 4.69) is 13.8 Å². The topological polar surface area (TPSA) is 84.0 Å². The molecule has 2 aliphatic heterocycles. The summed E-state index contributed by atoms with van der Waals surface area (Å²) in [5.74, 6) is -0.167. The molecule has 0 saturated carbocycles. The van der Waals surface area contributed by atoms with Gasteiger partial charge in [-0.3, -0.25) is 19.2 Å². The summed E-state index contributed by atoms with van der Waals surface area (Å²) in [6, 6.07) is 22.1. The van der Waals surface area contributed by atoms with Crippen LogP contribution in [0.3, 0.4) is 0 Å². The number of hydrogen-bond donors (Lipinski definition) is 0. The van der Waals surface area contributed by atoms with Gasteiger partial charge in [-0.15, -0.1) is 0 Å². The third kappa shape index (κ3) is 4.36. The zero-order valence-electron chi connectivity index (χ0n) is 20.4. The summed E-state index contributed by atoms with van der Waals surface area (Å²) in [5.41, 5.74) is 2.90. The lowest BCUT2D eigenvalue weighted by Crippen LogP contribution is -2.29. The molecule has 37 heavy (non-hydrogen) atoms. The average Bonchev–Trinajstić information content (AvgIpc) is 3.44. The van der Waals surface area contributed by atoms with E-state index in [0.717, 1.165) is 27.3 Å². The first-order chi connectivity index (χ1) is 17.8. The van der Waals surface area contributed by atoms with Crippen molar-refractivity contribution in [2.75, 3.05) is 9.80 Å². The molecule has 0 fully saturated rings. The molecule has 0 aliphatic carbocycles. The Hall–Kier alpha value is -4.78. The fraction of sp³-hybridized carbons (Fsp3) is 0.133. The average molecular weight is 493 g/mol. The highest BCUT2D eigenvalue weighted by molar-refractivity contribution is 6.28. The number of nitrogens with zero attached hydrogens (tertiary/aromatic N) is 2. The van der Waals surface area contributed by atoms with Gasteiger partial charge in [0.1, 0.15) is 11.5 Å². The smallest absolute Gasteiger partial charge is 0.258 e. The van der Waals surface area contributed by atoms with Gasteiger partial charge in [0.05, 0.1) is 11.4 Å². The van der Waals surface area contributed by atoms with Crippen LogP contribution in [-0.2, 0) is 24.6 Å². The van der Waals surface area contributed by atoms with Crippen molar-refractivity contribution in [2.45, 2.75) is 25.7 Å². The minimum atomic E-state index is -0.363. The van der Waals surface area contributed by atoms with Gasteiger partial charge in [0.15, 0.2) is 0 Å². The van der Waals surface area contributed by atoms with Crippen LogP contribution in [0.15, 0.2) is 97.1 Å². The largest absolute Gasteiger partial charge is 0.457 e. The van der Waals surface area contributed by atoms with Gasteiger partial charge in [-0.2, -0.15) is 0 Å². The maximum Gasteiger partial charge on any atom is 0.258 e. The van der Waals surface area contributed by atoms with Crippen molar-refractivity contribution in [3.8, 4) is 11.5 Å². The van der Waals surface area contributed by atoms with Gasteiger partial charge < -0.3 is 4.74 Å². The SMILES string of the molecule is CCC(C)(c1ccc(Oc2ccc(N3C(=O)C=CC3=O)cc2)cc1)c1ccc(N2C(=O)C=CC2=O)cc1. The predicted molar refractivity (Wildman–Crippen MR) is 139 cm³/mol. The molecule has 0 saturated heterocycles. The standard InChI is InChI=1S/C30H24N2O5/c1-3-30(2,20-4-8-22(9-5-20)31-26(33)16-17-27(31)34)21-6-12-24(13-7-21)37-25-14-10-23(11-15-25)32-28(35)18-19-29(32)36/h4-19H,3H2,1-2H3. The Labute approximate surface area is 214 Å². The normalized spacial score (nSPS) is 16.6. The Morgan fingerprint density at radius 3 is 1.27 bits per heavy atom. The van der Waals surface area contributed by atoms with Crippen LogP contribution in [0.4, 0.5) is 11.4 Å². The van der Waals surface area contributed by atoms with Gasteiger partial charge in [-0.1, -0.05) is 38.1 Å². The second-order valence-corrected chi connectivity index (χ2v) is 9.04. The summed E-state index contributed by atoms with van der Waals surface area (Å²) >= 11 is 0. The van der Waals surface area contributed by atoms with Crippen molar-refractivity contribution in [3.05, 3.63) is 108 Å². The van der Waals surface area contributed by atoms with Gasteiger partial charge in [-0.25, -0.2) is 9.80 Å². The predicted octanol–water partition coefficient (Wildman–Crippen LogP) is 5.05. The van der Waals surface area contributed by atoms with Crippen molar-refractivity contribution in [3.63, 3.8) is 0 Å². The molecule has 0 spiro atoms. The number of carbonyl (C=O) groups excluding carboxylic acids is 4. The molecule has 2 aliphatic rings. The van der Waals surface area contributed by atoms with Crippen molar-refractivity contribution in [1.29, 1.82) is 0 Å². The van der Waals surface area contributed by atoms with Crippen LogP contribution >= 0.6 is 0 Å². The highest BCUT2D eigenvalue weighted by Gasteiger charge is 2.29. The molecule has 3 aromatic rings. The third-order valence-electron chi connectivity index (χ3n) is 6.91. The maximum atomic E-state index is 12.0. The molecule has 7 heteroatoms. The van der Waals surface area contributed by atoms with E-state index < -0.39 is 0 Å². The Kier molecular flexibility index (Phi) is 6.05. The van der Waals surface area contributed by atoms with Crippen molar-refractivity contribution >= 4 is 35.0 Å². The number of benzene rings is 3. The number of carbonyl (C=O) groups is 4. The zero-order chi connectivity index (χ0) is 26.2. The lowest BCUT2D eigenvalue weighted by molar-refractivity contribution is -0.121. The summed E-state index contributed by atoms with van der Waals surface area (Å²) in [5, 5.41) is 0. The summed E-state index contributed by atoms with van der Waals surface area (Å²) in [6.07, 6.45) is 5.88. The van der Waals surface area contributed by atoms with E-state index in [0.29, 0.717) is 22.9 Å². The first kappa shape index (κ1) is 23.9. The monoisotopic (exact) mass is 492 g/mol. The van der Waals surface area contributed by atoms with Gasteiger partial charge in [0.2, 0.25) is 0 Å². The van der Waals surface area contributed by atoms with E-state index in [9.17, 15) is 19.2 Å². The van der Waals surface area contributed by atoms with E-state index in [1.54, 1.807) is 36.4 Å². The fourth-order valence-electron chi connectivity index (χ4n) is 4.55. The molecule has 184 valence electrons. The Morgan fingerprint density at radius 1 is 0.568 bits per heavy atom. The van der Waals surface area contributed by atoms with Gasteiger partial charge >= 0.3 is 0 Å². The number of imide groups is 2. The van der Waals surface area contributed by atoms with E-state index in [4.69, 9.17) is 4.74 Å². The molecule has 5 rings (SSSR count). The van der Waals surface area contributed by atoms with Crippen molar-refractivity contribution < 1.29 is 23.9 Å². The molecule has 0 radical (unpaired) electrons. The molecular formula is C30H24N2O5. The van der Waals surface area contributed by atoms with Gasteiger partial charge in [-0.05, 0) is 66.1 Å². The molecule has 2 heterocycles. The third-order valence-corrected chi connectivity index (χ3v) is 6.91. The second kappa shape index (κ2) is 9.35. The van der Waals surface area contributed by atoms with E-state index in [1.165, 1.54) is 24.3 Å². The number of anilines is 2. The van der Waals surface area contributed by atoms with Crippen LogP contribution in [0.2, 0.25) is 0 Å². The van der Waals surface area contributed by atoms with Crippen LogP contribution in [0.1, 0.15) is 31.4 Å². The van der Waals surface area contributed by atoms with E-state index in [-0.39, 0.29) is 29.0 Å². The molecule has 1 atom stereocenters. The Morgan fingerprint density at radius 2 is 0.892 bits per heavy atom. The molecule has 0 bridgehead atoms. The molecule has 0 aromatic heterocycles.